The fourth-order valence-electron chi connectivity index (χ4n) is 3.41. The second-order valence-corrected chi connectivity index (χ2v) is 6.42. The van der Waals surface area contributed by atoms with Crippen LogP contribution >= 0.6 is 0 Å². The molecule has 1 heterocycles. The zero-order valence-electron chi connectivity index (χ0n) is 13.4. The number of piperidine rings is 1. The van der Waals surface area contributed by atoms with E-state index in [2.05, 4.69) is 43.9 Å². The molecule has 0 spiro atoms. The van der Waals surface area contributed by atoms with Gasteiger partial charge in [0.05, 0.1) is 0 Å². The highest BCUT2D eigenvalue weighted by Crippen LogP contribution is 2.29. The van der Waals surface area contributed by atoms with Crippen LogP contribution < -0.4 is 10.6 Å². The minimum atomic E-state index is 0.238. The van der Waals surface area contributed by atoms with Crippen molar-refractivity contribution in [3.05, 3.63) is 29.3 Å². The Morgan fingerprint density at radius 3 is 2.80 bits per heavy atom. The van der Waals surface area contributed by atoms with Gasteiger partial charge in [0.2, 0.25) is 0 Å². The van der Waals surface area contributed by atoms with Crippen molar-refractivity contribution in [1.82, 2.24) is 0 Å². The summed E-state index contributed by atoms with van der Waals surface area (Å²) < 4.78 is 0. The number of nitrogens with two attached hydrogens (primary N) is 1. The molecule has 1 aliphatic heterocycles. The van der Waals surface area contributed by atoms with E-state index in [4.69, 9.17) is 5.73 Å². The lowest BCUT2D eigenvalue weighted by molar-refractivity contribution is 0.434. The third kappa shape index (κ3) is 3.76. The van der Waals surface area contributed by atoms with Crippen LogP contribution in [0.5, 0.6) is 0 Å². The van der Waals surface area contributed by atoms with E-state index in [0.29, 0.717) is 0 Å². The number of aryl methyl sites for hydroxylation is 1. The highest BCUT2D eigenvalue weighted by molar-refractivity contribution is 5.52. The summed E-state index contributed by atoms with van der Waals surface area (Å²) in [7, 11) is 0. The van der Waals surface area contributed by atoms with Crippen LogP contribution in [0.4, 0.5) is 5.69 Å². The molecule has 112 valence electrons. The summed E-state index contributed by atoms with van der Waals surface area (Å²) >= 11 is 0. The monoisotopic (exact) mass is 274 g/mol. The summed E-state index contributed by atoms with van der Waals surface area (Å²) in [4.78, 5) is 2.63. The maximum atomic E-state index is 5.93. The molecule has 0 saturated carbocycles. The van der Waals surface area contributed by atoms with Crippen LogP contribution in [0.25, 0.3) is 0 Å². The minimum absolute atomic E-state index is 0.238. The summed E-state index contributed by atoms with van der Waals surface area (Å²) in [6, 6.07) is 7.94. The Kier molecular flexibility index (Phi) is 5.47. The van der Waals surface area contributed by atoms with Crippen molar-refractivity contribution in [2.45, 2.75) is 71.4 Å². The van der Waals surface area contributed by atoms with Gasteiger partial charge < -0.3 is 10.6 Å². The fraction of sp³-hybridized carbons (Fsp3) is 0.667. The first-order valence-electron chi connectivity index (χ1n) is 8.23. The first-order valence-corrected chi connectivity index (χ1v) is 8.23. The molecule has 1 aromatic carbocycles. The van der Waals surface area contributed by atoms with Crippen molar-refractivity contribution >= 4 is 5.69 Å². The molecule has 1 aromatic rings. The number of nitrogens with zero attached hydrogens (tertiary/aromatic N) is 1. The molecular weight excluding hydrogens is 244 g/mol. The molecule has 0 aromatic heterocycles. The molecule has 0 bridgehead atoms. The highest BCUT2D eigenvalue weighted by atomic mass is 15.2. The lowest BCUT2D eigenvalue weighted by Crippen LogP contribution is -2.39. The minimum Gasteiger partial charge on any atom is -0.369 e. The summed E-state index contributed by atoms with van der Waals surface area (Å²) in [6.07, 6.45) is 7.66. The fourth-order valence-corrected chi connectivity index (χ4v) is 3.41. The number of hydrogen-bond donors (Lipinski definition) is 1. The van der Waals surface area contributed by atoms with Crippen LogP contribution in [0.2, 0.25) is 0 Å². The van der Waals surface area contributed by atoms with E-state index in [0.717, 1.165) is 12.5 Å². The molecule has 0 aliphatic carbocycles. The molecule has 2 nitrogen and oxygen atoms in total. The van der Waals surface area contributed by atoms with Gasteiger partial charge in [-0.1, -0.05) is 19.4 Å². The van der Waals surface area contributed by atoms with Crippen molar-refractivity contribution < 1.29 is 0 Å². The lowest BCUT2D eigenvalue weighted by atomic mass is 9.96. The van der Waals surface area contributed by atoms with E-state index in [1.54, 1.807) is 0 Å². The molecular formula is C18H30N2. The van der Waals surface area contributed by atoms with Gasteiger partial charge in [0.25, 0.3) is 0 Å². The SMILES string of the molecule is CCCC1CCCCN1c1ccc(CC(C)N)c(C)c1. The van der Waals surface area contributed by atoms with Crippen molar-refractivity contribution in [2.75, 3.05) is 11.4 Å². The molecule has 1 saturated heterocycles. The maximum absolute atomic E-state index is 5.93. The van der Waals surface area contributed by atoms with E-state index < -0.39 is 0 Å². The molecule has 2 unspecified atom stereocenters. The van der Waals surface area contributed by atoms with Gasteiger partial charge >= 0.3 is 0 Å². The van der Waals surface area contributed by atoms with Crippen LogP contribution in [-0.4, -0.2) is 18.6 Å². The Labute approximate surface area is 124 Å². The Morgan fingerprint density at radius 2 is 2.15 bits per heavy atom. The van der Waals surface area contributed by atoms with Crippen LogP contribution in [-0.2, 0) is 6.42 Å². The van der Waals surface area contributed by atoms with Crippen molar-refractivity contribution in [1.29, 1.82) is 0 Å². The van der Waals surface area contributed by atoms with Crippen molar-refractivity contribution in [3.8, 4) is 0 Å². The molecule has 20 heavy (non-hydrogen) atoms. The lowest BCUT2D eigenvalue weighted by Gasteiger charge is -2.38. The molecule has 0 radical (unpaired) electrons. The van der Waals surface area contributed by atoms with Crippen LogP contribution in [0.3, 0.4) is 0 Å². The van der Waals surface area contributed by atoms with E-state index in [1.807, 2.05) is 0 Å². The normalized spacial score (nSPS) is 21.0. The van der Waals surface area contributed by atoms with Gasteiger partial charge in [0.1, 0.15) is 0 Å². The zero-order chi connectivity index (χ0) is 14.5. The third-order valence-electron chi connectivity index (χ3n) is 4.45. The third-order valence-corrected chi connectivity index (χ3v) is 4.45. The van der Waals surface area contributed by atoms with E-state index in [9.17, 15) is 0 Å². The predicted molar refractivity (Wildman–Crippen MR) is 88.4 cm³/mol. The number of anilines is 1. The largest absolute Gasteiger partial charge is 0.369 e. The first-order chi connectivity index (χ1) is 9.61. The summed E-state index contributed by atoms with van der Waals surface area (Å²) in [5.74, 6) is 0. The number of rotatable bonds is 5. The van der Waals surface area contributed by atoms with Crippen LogP contribution in [0.15, 0.2) is 18.2 Å². The molecule has 2 N–H and O–H groups in total. The predicted octanol–water partition coefficient (Wildman–Crippen LogP) is 4.04. The summed E-state index contributed by atoms with van der Waals surface area (Å²) in [6.45, 7) is 7.82. The van der Waals surface area contributed by atoms with Crippen LogP contribution in [0.1, 0.15) is 57.1 Å². The Morgan fingerprint density at radius 1 is 1.35 bits per heavy atom. The molecule has 0 amide bonds. The average Bonchev–Trinajstić information content (AvgIpc) is 2.42. The molecule has 2 rings (SSSR count). The van der Waals surface area contributed by atoms with Gasteiger partial charge in [0.15, 0.2) is 0 Å². The van der Waals surface area contributed by atoms with Gasteiger partial charge in [-0.2, -0.15) is 0 Å². The second kappa shape index (κ2) is 7.12. The second-order valence-electron chi connectivity index (χ2n) is 6.42. The van der Waals surface area contributed by atoms with Gasteiger partial charge in [-0.3, -0.25) is 0 Å². The van der Waals surface area contributed by atoms with E-state index >= 15 is 0 Å². The maximum Gasteiger partial charge on any atom is 0.0371 e. The molecule has 1 fully saturated rings. The molecule has 1 aliphatic rings. The van der Waals surface area contributed by atoms with E-state index in [1.165, 1.54) is 55.5 Å². The topological polar surface area (TPSA) is 29.3 Å². The number of benzene rings is 1. The Balaban J connectivity index is 2.16. The summed E-state index contributed by atoms with van der Waals surface area (Å²) in [5.41, 5.74) is 10.1. The average molecular weight is 274 g/mol. The number of hydrogen-bond acceptors (Lipinski definition) is 2. The first kappa shape index (κ1) is 15.4. The van der Waals surface area contributed by atoms with Gasteiger partial charge in [0, 0.05) is 24.3 Å². The Hall–Kier alpha value is -1.02. The molecule has 2 heteroatoms. The Bertz CT molecular complexity index is 423. The quantitative estimate of drug-likeness (QED) is 0.878. The summed E-state index contributed by atoms with van der Waals surface area (Å²) in [5, 5.41) is 0. The van der Waals surface area contributed by atoms with Gasteiger partial charge in [-0.25, -0.2) is 0 Å². The van der Waals surface area contributed by atoms with Crippen molar-refractivity contribution in [3.63, 3.8) is 0 Å². The highest BCUT2D eigenvalue weighted by Gasteiger charge is 2.22. The standard InChI is InChI=1S/C18H30N2/c1-4-7-17-8-5-6-11-20(17)18-10-9-16(13-15(3)19)14(2)12-18/h9-10,12,15,17H,4-8,11,13,19H2,1-3H3. The van der Waals surface area contributed by atoms with E-state index in [-0.39, 0.29) is 6.04 Å². The van der Waals surface area contributed by atoms with Crippen molar-refractivity contribution in [2.24, 2.45) is 5.73 Å². The van der Waals surface area contributed by atoms with Gasteiger partial charge in [-0.15, -0.1) is 0 Å². The molecule has 2 atom stereocenters. The zero-order valence-corrected chi connectivity index (χ0v) is 13.4. The van der Waals surface area contributed by atoms with Gasteiger partial charge in [-0.05, 0) is 69.2 Å². The smallest absolute Gasteiger partial charge is 0.0371 e. The van der Waals surface area contributed by atoms with Crippen LogP contribution in [0, 0.1) is 6.92 Å².